The molecule has 0 bridgehead atoms. The highest BCUT2D eigenvalue weighted by Gasteiger charge is 2.34. The number of benzene rings is 4. The van der Waals surface area contributed by atoms with Crippen molar-refractivity contribution in [2.75, 3.05) is 32.8 Å². The molecule has 248 valence electrons. The number of aldehydes is 1. The Balaban J connectivity index is 1.32. The summed E-state index contributed by atoms with van der Waals surface area (Å²) in [6, 6.07) is 31.9. The normalized spacial score (nSPS) is 15.0. The summed E-state index contributed by atoms with van der Waals surface area (Å²) in [6.45, 7) is 3.64. The van der Waals surface area contributed by atoms with Gasteiger partial charge >= 0.3 is 6.18 Å². The summed E-state index contributed by atoms with van der Waals surface area (Å²) in [5.41, 5.74) is 2.79. The van der Waals surface area contributed by atoms with Gasteiger partial charge in [0.05, 0.1) is 23.2 Å². The van der Waals surface area contributed by atoms with E-state index in [9.17, 15) is 18.0 Å². The Kier molecular flexibility index (Phi) is 12.5. The van der Waals surface area contributed by atoms with E-state index >= 15 is 0 Å². The topological polar surface area (TPSA) is 32.8 Å². The maximum absolute atomic E-state index is 13.7. The van der Waals surface area contributed by atoms with Gasteiger partial charge in [-0.3, -0.25) is 9.80 Å². The van der Waals surface area contributed by atoms with Crippen LogP contribution in [0.5, 0.6) is 5.75 Å². The van der Waals surface area contributed by atoms with E-state index in [-0.39, 0.29) is 23.5 Å². The van der Waals surface area contributed by atoms with Crippen molar-refractivity contribution < 1.29 is 22.7 Å². The smallest absolute Gasteiger partial charge is 0.417 e. The fraction of sp³-hybridized carbons (Fsp3) is 0.359. The second kappa shape index (κ2) is 17.0. The highest BCUT2D eigenvalue weighted by molar-refractivity contribution is 6.32. The fourth-order valence-electron chi connectivity index (χ4n) is 6.44. The molecular formula is C39H42ClF3N2O2. The van der Waals surface area contributed by atoms with Crippen LogP contribution in [0.1, 0.15) is 71.9 Å². The number of hydrogen-bond acceptors (Lipinski definition) is 4. The number of hydrogen-bond donors (Lipinski definition) is 0. The van der Waals surface area contributed by atoms with Crippen molar-refractivity contribution in [3.05, 3.63) is 136 Å². The molecule has 1 atom stereocenters. The van der Waals surface area contributed by atoms with E-state index in [1.807, 2.05) is 60.7 Å². The standard InChI is InChI=1S/C39H42ClF3N2O2/c40-38-33(19-12-21-36(38)39(41,42)43)27-44(28-35(30-14-5-3-6-15-30)31-16-7-4-8-17-31)22-13-25-47-34-20-11-18-32(26-34)37(29-46)45-23-9-1-2-10-24-45/h3-8,11-12,14-21,26,29,35,37H,1-2,9-10,13,22-25,27-28H2. The second-order valence-corrected chi connectivity index (χ2v) is 12.6. The van der Waals surface area contributed by atoms with Crippen molar-refractivity contribution in [1.29, 1.82) is 0 Å². The lowest BCUT2D eigenvalue weighted by Gasteiger charge is -2.29. The van der Waals surface area contributed by atoms with Crippen LogP contribution < -0.4 is 4.74 Å². The van der Waals surface area contributed by atoms with E-state index in [0.717, 1.165) is 55.0 Å². The number of likely N-dealkylation sites (tertiary alicyclic amines) is 1. The van der Waals surface area contributed by atoms with Gasteiger partial charge in [0.1, 0.15) is 12.0 Å². The van der Waals surface area contributed by atoms with E-state index in [1.165, 1.54) is 18.9 Å². The SMILES string of the molecule is O=CC(c1cccc(OCCCN(Cc2cccc(C(F)(F)F)c2Cl)CC(c2ccccc2)c2ccccc2)c1)N1CCCCCC1. The lowest BCUT2D eigenvalue weighted by atomic mass is 9.90. The first-order valence-electron chi connectivity index (χ1n) is 16.4. The highest BCUT2D eigenvalue weighted by atomic mass is 35.5. The minimum Gasteiger partial charge on any atom is -0.494 e. The van der Waals surface area contributed by atoms with E-state index in [0.29, 0.717) is 37.4 Å². The van der Waals surface area contributed by atoms with Crippen LogP contribution in [0.15, 0.2) is 103 Å². The number of carbonyl (C=O) groups is 1. The third kappa shape index (κ3) is 9.69. The second-order valence-electron chi connectivity index (χ2n) is 12.2. The van der Waals surface area contributed by atoms with Crippen LogP contribution in [-0.4, -0.2) is 48.9 Å². The van der Waals surface area contributed by atoms with E-state index in [1.54, 1.807) is 6.07 Å². The molecule has 47 heavy (non-hydrogen) atoms. The molecule has 4 aromatic rings. The molecule has 8 heteroatoms. The van der Waals surface area contributed by atoms with Crippen LogP contribution >= 0.6 is 11.6 Å². The summed E-state index contributed by atoms with van der Waals surface area (Å²) in [6.07, 6.45) is 1.71. The van der Waals surface area contributed by atoms with E-state index in [4.69, 9.17) is 16.3 Å². The number of nitrogens with zero attached hydrogens (tertiary/aromatic N) is 2. The zero-order valence-electron chi connectivity index (χ0n) is 26.5. The number of ether oxygens (including phenoxy) is 1. The van der Waals surface area contributed by atoms with Crippen molar-refractivity contribution in [2.24, 2.45) is 0 Å². The number of alkyl halides is 3. The van der Waals surface area contributed by atoms with Crippen molar-refractivity contribution in [3.8, 4) is 5.75 Å². The summed E-state index contributed by atoms with van der Waals surface area (Å²) >= 11 is 6.37. The molecule has 0 radical (unpaired) electrons. The Morgan fingerprint density at radius 3 is 2.04 bits per heavy atom. The summed E-state index contributed by atoms with van der Waals surface area (Å²) in [5.74, 6) is 0.696. The molecule has 5 rings (SSSR count). The monoisotopic (exact) mass is 662 g/mol. The minimum atomic E-state index is -4.53. The first-order valence-corrected chi connectivity index (χ1v) is 16.8. The molecule has 1 aliphatic rings. The quantitative estimate of drug-likeness (QED) is 0.0995. The molecule has 1 heterocycles. The van der Waals surface area contributed by atoms with Gasteiger partial charge in [0, 0.05) is 25.6 Å². The van der Waals surface area contributed by atoms with E-state index in [2.05, 4.69) is 34.1 Å². The van der Waals surface area contributed by atoms with Gasteiger partial charge in [-0.25, -0.2) is 0 Å². The first kappa shape index (κ1) is 34.7. The molecule has 0 aromatic heterocycles. The van der Waals surface area contributed by atoms with Crippen LogP contribution in [0.3, 0.4) is 0 Å². The zero-order chi connectivity index (χ0) is 33.1. The molecule has 0 saturated carbocycles. The summed E-state index contributed by atoms with van der Waals surface area (Å²) in [5, 5.41) is -0.261. The summed E-state index contributed by atoms with van der Waals surface area (Å²) < 4.78 is 47.3. The number of carbonyl (C=O) groups excluding carboxylic acids is 1. The average molecular weight is 663 g/mol. The molecule has 1 aliphatic heterocycles. The van der Waals surface area contributed by atoms with Crippen LogP contribution in [0.4, 0.5) is 13.2 Å². The Morgan fingerprint density at radius 2 is 1.43 bits per heavy atom. The van der Waals surface area contributed by atoms with Gasteiger partial charge in [-0.05, 0) is 72.8 Å². The van der Waals surface area contributed by atoms with Crippen LogP contribution in [0, 0.1) is 0 Å². The maximum Gasteiger partial charge on any atom is 0.417 e. The Morgan fingerprint density at radius 1 is 0.809 bits per heavy atom. The maximum atomic E-state index is 13.7. The third-order valence-corrected chi connectivity index (χ3v) is 9.32. The molecule has 4 nitrogen and oxygen atoms in total. The molecular weight excluding hydrogens is 621 g/mol. The first-order chi connectivity index (χ1) is 22.8. The van der Waals surface area contributed by atoms with Gasteiger partial charge in [-0.1, -0.05) is 109 Å². The Hall–Kier alpha value is -3.65. The van der Waals surface area contributed by atoms with Crippen LogP contribution in [0.25, 0.3) is 0 Å². The largest absolute Gasteiger partial charge is 0.494 e. The molecule has 0 aliphatic carbocycles. The van der Waals surface area contributed by atoms with Gasteiger partial charge in [0.15, 0.2) is 0 Å². The predicted octanol–water partition coefficient (Wildman–Crippen LogP) is 9.58. The summed E-state index contributed by atoms with van der Waals surface area (Å²) in [4.78, 5) is 16.6. The Bertz CT molecular complexity index is 1500. The lowest BCUT2D eigenvalue weighted by molar-refractivity contribution is -0.137. The van der Waals surface area contributed by atoms with Crippen LogP contribution in [-0.2, 0) is 17.5 Å². The molecule has 0 amide bonds. The fourth-order valence-corrected chi connectivity index (χ4v) is 6.74. The van der Waals surface area contributed by atoms with Crippen LogP contribution in [0.2, 0.25) is 5.02 Å². The van der Waals surface area contributed by atoms with Crippen molar-refractivity contribution in [2.45, 2.75) is 56.8 Å². The van der Waals surface area contributed by atoms with Gasteiger partial charge in [0.25, 0.3) is 0 Å². The van der Waals surface area contributed by atoms with E-state index < -0.39 is 11.7 Å². The molecule has 4 aromatic carbocycles. The number of halogens is 4. The molecule has 0 spiro atoms. The molecule has 1 unspecified atom stereocenters. The van der Waals surface area contributed by atoms with Gasteiger partial charge in [-0.15, -0.1) is 0 Å². The number of rotatable bonds is 14. The molecule has 0 N–H and O–H groups in total. The molecule has 1 fully saturated rings. The van der Waals surface area contributed by atoms with Crippen molar-refractivity contribution in [3.63, 3.8) is 0 Å². The van der Waals surface area contributed by atoms with Crippen molar-refractivity contribution >= 4 is 17.9 Å². The predicted molar refractivity (Wildman–Crippen MR) is 182 cm³/mol. The van der Waals surface area contributed by atoms with Gasteiger partial charge < -0.3 is 9.53 Å². The van der Waals surface area contributed by atoms with Gasteiger partial charge in [0.2, 0.25) is 0 Å². The minimum absolute atomic E-state index is 0.00108. The van der Waals surface area contributed by atoms with Crippen molar-refractivity contribution in [1.82, 2.24) is 9.80 Å². The summed E-state index contributed by atoms with van der Waals surface area (Å²) in [7, 11) is 0. The average Bonchev–Trinajstić information content (AvgIpc) is 3.37. The zero-order valence-corrected chi connectivity index (χ0v) is 27.3. The Labute approximate surface area is 281 Å². The lowest BCUT2D eigenvalue weighted by Crippen LogP contribution is -2.31. The molecule has 1 saturated heterocycles. The third-order valence-electron chi connectivity index (χ3n) is 8.87. The highest BCUT2D eigenvalue weighted by Crippen LogP contribution is 2.37. The van der Waals surface area contributed by atoms with Gasteiger partial charge in [-0.2, -0.15) is 13.2 Å².